The number of aliphatic hydroxyl groups excluding tert-OH is 2. The molecule has 1 fully saturated rings. The number of aromatic amines is 1. The molecule has 3 rings (SSSR count). The van der Waals surface area contributed by atoms with Crippen molar-refractivity contribution in [1.82, 2.24) is 19.5 Å². The van der Waals surface area contributed by atoms with E-state index >= 15 is 0 Å². The summed E-state index contributed by atoms with van der Waals surface area (Å²) in [6, 6.07) is 0. The van der Waals surface area contributed by atoms with Crippen molar-refractivity contribution in [3.05, 3.63) is 23.0 Å². The van der Waals surface area contributed by atoms with Crippen LogP contribution in [0.3, 0.4) is 0 Å². The molecule has 126 valence electrons. The lowest BCUT2D eigenvalue weighted by Crippen LogP contribution is -2.35. The zero-order valence-electron chi connectivity index (χ0n) is 11.4. The fourth-order valence-corrected chi connectivity index (χ4v) is 3.01. The van der Waals surface area contributed by atoms with Crippen molar-refractivity contribution in [3.63, 3.8) is 0 Å². The monoisotopic (exact) mass is 348 g/mol. The molecule has 12 nitrogen and oxygen atoms in total. The summed E-state index contributed by atoms with van der Waals surface area (Å²) >= 11 is 0. The molecule has 0 saturated carbocycles. The van der Waals surface area contributed by atoms with Crippen molar-refractivity contribution in [2.75, 3.05) is 6.61 Å². The van der Waals surface area contributed by atoms with E-state index in [1.165, 1.54) is 10.9 Å². The van der Waals surface area contributed by atoms with Crippen LogP contribution >= 0.6 is 7.82 Å². The number of imidazole rings is 1. The van der Waals surface area contributed by atoms with Crippen molar-refractivity contribution in [2.24, 2.45) is 0 Å². The molecule has 5 N–H and O–H groups in total. The number of nitrogens with zero attached hydrogens (tertiary/aromatic N) is 3. The van der Waals surface area contributed by atoms with Gasteiger partial charge >= 0.3 is 7.82 Å². The van der Waals surface area contributed by atoms with Crippen LogP contribution in [-0.4, -0.2) is 64.4 Å². The Kier molecular flexibility index (Phi) is 4.06. The number of phosphoric ester groups is 1. The van der Waals surface area contributed by atoms with Crippen molar-refractivity contribution < 1.29 is 33.8 Å². The first-order valence-corrected chi connectivity index (χ1v) is 7.93. The van der Waals surface area contributed by atoms with Crippen LogP contribution in [0.4, 0.5) is 0 Å². The molecule has 0 amide bonds. The minimum absolute atomic E-state index is 0.00297. The Labute approximate surface area is 127 Å². The first-order valence-electron chi connectivity index (χ1n) is 6.40. The zero-order valence-corrected chi connectivity index (χ0v) is 12.3. The molecule has 2 aromatic rings. The SMILES string of the molecule is O=c1[nH]cnc2c1ncn2[C@H]1O[C@@H](CO)[C@H](OP(=O)(O)O)[C@@H]1O. The van der Waals surface area contributed by atoms with E-state index in [-0.39, 0.29) is 11.2 Å². The highest BCUT2D eigenvalue weighted by Gasteiger charge is 2.48. The molecule has 2 aromatic heterocycles. The number of rotatable bonds is 4. The van der Waals surface area contributed by atoms with Crippen LogP contribution < -0.4 is 5.56 Å². The number of phosphoric acid groups is 1. The average molecular weight is 348 g/mol. The number of hydrogen-bond donors (Lipinski definition) is 5. The number of aliphatic hydroxyl groups is 2. The fourth-order valence-electron chi connectivity index (χ4n) is 2.43. The van der Waals surface area contributed by atoms with Gasteiger partial charge in [-0.05, 0) is 0 Å². The molecule has 0 unspecified atom stereocenters. The molecule has 1 saturated heterocycles. The molecule has 0 radical (unpaired) electrons. The van der Waals surface area contributed by atoms with E-state index in [2.05, 4.69) is 19.5 Å². The molecule has 3 heterocycles. The van der Waals surface area contributed by atoms with Crippen LogP contribution in [0.25, 0.3) is 11.2 Å². The van der Waals surface area contributed by atoms with Crippen molar-refractivity contribution in [3.8, 4) is 0 Å². The highest BCUT2D eigenvalue weighted by molar-refractivity contribution is 7.46. The lowest BCUT2D eigenvalue weighted by atomic mass is 10.1. The molecular formula is C10H13N4O8P. The van der Waals surface area contributed by atoms with E-state index in [0.717, 1.165) is 6.33 Å². The molecule has 0 aliphatic carbocycles. The molecule has 1 aliphatic heterocycles. The Bertz CT molecular complexity index is 815. The van der Waals surface area contributed by atoms with Crippen LogP contribution in [0.5, 0.6) is 0 Å². The molecule has 23 heavy (non-hydrogen) atoms. The fraction of sp³-hybridized carbons (Fsp3) is 0.500. The normalized spacial score (nSPS) is 28.5. The second kappa shape index (κ2) is 5.76. The van der Waals surface area contributed by atoms with E-state index in [9.17, 15) is 19.6 Å². The number of aromatic nitrogens is 4. The van der Waals surface area contributed by atoms with Crippen LogP contribution in [0.1, 0.15) is 6.23 Å². The molecule has 0 spiro atoms. The van der Waals surface area contributed by atoms with Crippen molar-refractivity contribution >= 4 is 19.0 Å². The third kappa shape index (κ3) is 2.93. The molecule has 4 atom stereocenters. The van der Waals surface area contributed by atoms with Gasteiger partial charge in [-0.25, -0.2) is 14.5 Å². The number of H-pyrrole nitrogens is 1. The van der Waals surface area contributed by atoms with Gasteiger partial charge in [0.25, 0.3) is 5.56 Å². The van der Waals surface area contributed by atoms with Crippen LogP contribution in [-0.2, 0) is 13.8 Å². The van der Waals surface area contributed by atoms with E-state index in [0.29, 0.717) is 0 Å². The number of nitrogens with one attached hydrogen (secondary N) is 1. The number of fused-ring (bicyclic) bond motifs is 1. The maximum Gasteiger partial charge on any atom is 0.470 e. The Morgan fingerprint density at radius 2 is 2.17 bits per heavy atom. The summed E-state index contributed by atoms with van der Waals surface area (Å²) in [5, 5.41) is 19.5. The Morgan fingerprint density at radius 1 is 1.43 bits per heavy atom. The molecular weight excluding hydrogens is 335 g/mol. The Balaban J connectivity index is 1.98. The first-order chi connectivity index (χ1) is 10.8. The summed E-state index contributed by atoms with van der Waals surface area (Å²) in [6.45, 7) is -0.640. The third-order valence-corrected chi connectivity index (χ3v) is 3.91. The van der Waals surface area contributed by atoms with Crippen LogP contribution in [0.2, 0.25) is 0 Å². The van der Waals surface area contributed by atoms with E-state index < -0.39 is 44.5 Å². The van der Waals surface area contributed by atoms with Gasteiger partial charge in [0.2, 0.25) is 0 Å². The van der Waals surface area contributed by atoms with Gasteiger partial charge in [0.15, 0.2) is 17.4 Å². The topological polar surface area (TPSA) is 180 Å². The molecule has 0 aromatic carbocycles. The smallest absolute Gasteiger partial charge is 0.394 e. The average Bonchev–Trinajstić information content (AvgIpc) is 3.01. The van der Waals surface area contributed by atoms with E-state index in [4.69, 9.17) is 14.5 Å². The quantitative estimate of drug-likeness (QED) is 0.382. The molecule has 13 heteroatoms. The van der Waals surface area contributed by atoms with E-state index in [1.54, 1.807) is 0 Å². The summed E-state index contributed by atoms with van der Waals surface area (Å²) in [5.74, 6) is 0. The summed E-state index contributed by atoms with van der Waals surface area (Å²) in [7, 11) is -4.91. The van der Waals surface area contributed by atoms with E-state index in [1.807, 2.05) is 0 Å². The van der Waals surface area contributed by atoms with Gasteiger partial charge in [0.05, 0.1) is 19.3 Å². The number of hydrogen-bond acceptors (Lipinski definition) is 8. The van der Waals surface area contributed by atoms with Crippen molar-refractivity contribution in [2.45, 2.75) is 24.5 Å². The zero-order chi connectivity index (χ0) is 16.8. The van der Waals surface area contributed by atoms with Gasteiger partial charge in [0, 0.05) is 0 Å². The van der Waals surface area contributed by atoms with Gasteiger partial charge in [-0.15, -0.1) is 0 Å². The number of ether oxygens (including phenoxy) is 1. The second-order valence-electron chi connectivity index (χ2n) is 4.85. The maximum atomic E-state index is 11.6. The summed E-state index contributed by atoms with van der Waals surface area (Å²) in [4.78, 5) is 39.5. The standard InChI is InChI=1S/C10H13N4O8P/c15-1-4-7(22-23(18,19)20)6(16)10(21-4)14-3-13-5-8(14)11-2-12-9(5)17/h2-4,6-7,10,15-16H,1H2,(H,11,12,17)(H2,18,19,20)/t4-,6-,7-,10-/m0/s1. The first kappa shape index (κ1) is 16.2. The van der Waals surface area contributed by atoms with Gasteiger partial charge in [-0.1, -0.05) is 0 Å². The maximum absolute atomic E-state index is 11.6. The summed E-state index contributed by atoms with van der Waals surface area (Å²) < 4.78 is 22.1. The Hall–Kier alpha value is -1.66. The van der Waals surface area contributed by atoms with Gasteiger partial charge < -0.3 is 29.7 Å². The summed E-state index contributed by atoms with van der Waals surface area (Å²) in [5.41, 5.74) is -0.391. The predicted octanol–water partition coefficient (Wildman–Crippen LogP) is -2.15. The molecule has 1 aliphatic rings. The molecule has 0 bridgehead atoms. The largest absolute Gasteiger partial charge is 0.470 e. The van der Waals surface area contributed by atoms with Gasteiger partial charge in [-0.2, -0.15) is 0 Å². The minimum Gasteiger partial charge on any atom is -0.394 e. The van der Waals surface area contributed by atoms with Crippen LogP contribution in [0, 0.1) is 0 Å². The highest BCUT2D eigenvalue weighted by atomic mass is 31.2. The third-order valence-electron chi connectivity index (χ3n) is 3.39. The lowest BCUT2D eigenvalue weighted by Gasteiger charge is -2.19. The lowest BCUT2D eigenvalue weighted by molar-refractivity contribution is -0.0509. The minimum atomic E-state index is -4.91. The predicted molar refractivity (Wildman–Crippen MR) is 72.1 cm³/mol. The van der Waals surface area contributed by atoms with Gasteiger partial charge in [0.1, 0.15) is 18.3 Å². The van der Waals surface area contributed by atoms with Crippen molar-refractivity contribution in [1.29, 1.82) is 0 Å². The van der Waals surface area contributed by atoms with Gasteiger partial charge in [-0.3, -0.25) is 13.9 Å². The second-order valence-corrected chi connectivity index (χ2v) is 6.05. The highest BCUT2D eigenvalue weighted by Crippen LogP contribution is 2.43. The van der Waals surface area contributed by atoms with Crippen LogP contribution in [0.15, 0.2) is 17.4 Å². The summed E-state index contributed by atoms with van der Waals surface area (Å²) in [6.07, 6.45) is -3.04. The Morgan fingerprint density at radius 3 is 2.83 bits per heavy atom.